The maximum atomic E-state index is 12.3. The fourth-order valence-corrected chi connectivity index (χ4v) is 1.09. The van der Waals surface area contributed by atoms with Gasteiger partial charge in [-0.25, -0.2) is 0 Å². The lowest BCUT2D eigenvalue weighted by molar-refractivity contribution is -0.137. The Morgan fingerprint density at radius 3 is 2.27 bits per heavy atom. The molecule has 1 aromatic carbocycles. The maximum absolute atomic E-state index is 12.3. The summed E-state index contributed by atoms with van der Waals surface area (Å²) in [4.78, 5) is 0. The van der Waals surface area contributed by atoms with E-state index in [1.807, 2.05) is 0 Å². The molecule has 15 heavy (non-hydrogen) atoms. The van der Waals surface area contributed by atoms with Gasteiger partial charge in [-0.3, -0.25) is 0 Å². The Bertz CT molecular complexity index is 347. The molecule has 0 heterocycles. The van der Waals surface area contributed by atoms with Crippen LogP contribution in [0.5, 0.6) is 5.75 Å². The Labute approximate surface area is 87.7 Å². The molecule has 0 saturated carbocycles. The summed E-state index contributed by atoms with van der Waals surface area (Å²) in [5.74, 6) is 0.276. The second-order valence-corrected chi connectivity index (χ2v) is 3.42. The van der Waals surface area contributed by atoms with Gasteiger partial charge in [-0.05, 0) is 26.0 Å². The van der Waals surface area contributed by atoms with Crippen molar-refractivity contribution < 1.29 is 17.9 Å². The van der Waals surface area contributed by atoms with E-state index in [-0.39, 0.29) is 17.3 Å². The van der Waals surface area contributed by atoms with Crippen LogP contribution in [0.15, 0.2) is 18.2 Å². The lowest BCUT2D eigenvalue weighted by Crippen LogP contribution is -2.17. The molecule has 1 aromatic rings. The molecule has 0 aromatic heterocycles. The van der Waals surface area contributed by atoms with Crippen molar-refractivity contribution in [2.75, 3.05) is 0 Å². The lowest BCUT2D eigenvalue weighted by Gasteiger charge is -2.14. The molecule has 0 aliphatic rings. The highest BCUT2D eigenvalue weighted by Gasteiger charge is 2.30. The molecule has 1 rings (SSSR count). The van der Waals surface area contributed by atoms with Gasteiger partial charge >= 0.3 is 6.18 Å². The molecule has 0 amide bonds. The highest BCUT2D eigenvalue weighted by atomic mass is 19.4. The zero-order valence-electron chi connectivity index (χ0n) is 8.43. The van der Waals surface area contributed by atoms with Crippen LogP contribution in [0, 0.1) is 0 Å². The first-order chi connectivity index (χ1) is 6.80. The fourth-order valence-electron chi connectivity index (χ4n) is 1.09. The minimum atomic E-state index is -4.37. The smallest absolute Gasteiger partial charge is 0.416 e. The molecule has 0 N–H and O–H groups in total. The number of hydrogen-bond acceptors (Lipinski definition) is 1. The topological polar surface area (TPSA) is 9.23 Å². The van der Waals surface area contributed by atoms with Gasteiger partial charge in [0, 0.05) is 0 Å². The number of hydrogen-bond donors (Lipinski definition) is 0. The Morgan fingerprint density at radius 2 is 1.87 bits per heavy atom. The average molecular weight is 214 g/mol. The SMILES string of the molecule is [B]c1cc(C(F)(F)F)ccc1OC(C)C. The van der Waals surface area contributed by atoms with Gasteiger partial charge in [0.1, 0.15) is 13.6 Å². The maximum Gasteiger partial charge on any atom is 0.416 e. The third-order valence-electron chi connectivity index (χ3n) is 1.70. The van der Waals surface area contributed by atoms with Crippen molar-refractivity contribution in [1.82, 2.24) is 0 Å². The first kappa shape index (κ1) is 11.9. The Kier molecular flexibility index (Phi) is 3.32. The highest BCUT2D eigenvalue weighted by Crippen LogP contribution is 2.29. The molecule has 2 radical (unpaired) electrons. The van der Waals surface area contributed by atoms with Crippen LogP contribution in [0.2, 0.25) is 0 Å². The van der Waals surface area contributed by atoms with Crippen LogP contribution in [-0.2, 0) is 6.18 Å². The van der Waals surface area contributed by atoms with Crippen molar-refractivity contribution in [3.8, 4) is 5.75 Å². The molecule has 0 saturated heterocycles. The third-order valence-corrected chi connectivity index (χ3v) is 1.70. The minimum absolute atomic E-state index is 0.00137. The summed E-state index contributed by atoms with van der Waals surface area (Å²) in [5, 5.41) is 0. The van der Waals surface area contributed by atoms with Crippen LogP contribution < -0.4 is 10.2 Å². The van der Waals surface area contributed by atoms with Gasteiger partial charge in [0.15, 0.2) is 0 Å². The molecular formula is C10H10BF3O. The third kappa shape index (κ3) is 3.18. The Hall–Kier alpha value is -1.13. The second kappa shape index (κ2) is 4.17. The first-order valence-corrected chi connectivity index (χ1v) is 4.44. The van der Waals surface area contributed by atoms with Crippen molar-refractivity contribution >= 4 is 13.3 Å². The van der Waals surface area contributed by atoms with Gasteiger partial charge in [-0.2, -0.15) is 13.2 Å². The first-order valence-electron chi connectivity index (χ1n) is 4.44. The highest BCUT2D eigenvalue weighted by molar-refractivity contribution is 6.34. The zero-order chi connectivity index (χ0) is 11.6. The van der Waals surface area contributed by atoms with Gasteiger partial charge in [-0.1, -0.05) is 11.5 Å². The van der Waals surface area contributed by atoms with E-state index in [1.54, 1.807) is 13.8 Å². The molecule has 5 heteroatoms. The largest absolute Gasteiger partial charge is 0.492 e. The summed E-state index contributed by atoms with van der Waals surface area (Å²) >= 11 is 0. The Balaban J connectivity index is 2.98. The number of benzene rings is 1. The van der Waals surface area contributed by atoms with E-state index < -0.39 is 11.7 Å². The predicted molar refractivity (Wildman–Crippen MR) is 52.6 cm³/mol. The molecule has 80 valence electrons. The second-order valence-electron chi connectivity index (χ2n) is 3.42. The Morgan fingerprint density at radius 1 is 1.27 bits per heavy atom. The summed E-state index contributed by atoms with van der Waals surface area (Å²) in [6.45, 7) is 3.55. The van der Waals surface area contributed by atoms with E-state index in [9.17, 15) is 13.2 Å². The minimum Gasteiger partial charge on any atom is -0.492 e. The van der Waals surface area contributed by atoms with Crippen molar-refractivity contribution in [2.45, 2.75) is 26.1 Å². The van der Waals surface area contributed by atoms with Gasteiger partial charge in [-0.15, -0.1) is 0 Å². The number of ether oxygens (including phenoxy) is 1. The summed E-state index contributed by atoms with van der Waals surface area (Å²) in [6, 6.07) is 3.06. The van der Waals surface area contributed by atoms with Gasteiger partial charge in [0.25, 0.3) is 0 Å². The van der Waals surface area contributed by atoms with Crippen molar-refractivity contribution in [2.24, 2.45) is 0 Å². The molecule has 0 unspecified atom stereocenters. The van der Waals surface area contributed by atoms with Crippen molar-refractivity contribution in [3.05, 3.63) is 23.8 Å². The van der Waals surface area contributed by atoms with Crippen LogP contribution in [0.4, 0.5) is 13.2 Å². The van der Waals surface area contributed by atoms with Gasteiger partial charge in [0.05, 0.1) is 11.7 Å². The quantitative estimate of drug-likeness (QED) is 0.686. The van der Waals surface area contributed by atoms with E-state index in [0.29, 0.717) is 0 Å². The van der Waals surface area contributed by atoms with Crippen LogP contribution >= 0.6 is 0 Å². The number of rotatable bonds is 2. The monoisotopic (exact) mass is 214 g/mol. The predicted octanol–water partition coefficient (Wildman–Crippen LogP) is 2.29. The zero-order valence-corrected chi connectivity index (χ0v) is 8.43. The summed E-state index contributed by atoms with van der Waals surface area (Å²) < 4.78 is 42.0. The summed E-state index contributed by atoms with van der Waals surface area (Å²) in [7, 11) is 5.44. The molecular weight excluding hydrogens is 204 g/mol. The van der Waals surface area contributed by atoms with E-state index >= 15 is 0 Å². The van der Waals surface area contributed by atoms with Crippen LogP contribution in [-0.4, -0.2) is 14.0 Å². The van der Waals surface area contributed by atoms with Gasteiger partial charge < -0.3 is 4.74 Å². The number of alkyl halides is 3. The van der Waals surface area contributed by atoms with E-state index in [0.717, 1.165) is 12.1 Å². The van der Waals surface area contributed by atoms with Crippen LogP contribution in [0.25, 0.3) is 0 Å². The average Bonchev–Trinajstić information content (AvgIpc) is 2.05. The van der Waals surface area contributed by atoms with Crippen molar-refractivity contribution in [3.63, 3.8) is 0 Å². The van der Waals surface area contributed by atoms with Crippen LogP contribution in [0.1, 0.15) is 19.4 Å². The molecule has 0 aliphatic carbocycles. The lowest BCUT2D eigenvalue weighted by atomic mass is 9.93. The summed E-state index contributed by atoms with van der Waals surface area (Å²) in [5.41, 5.74) is -0.769. The normalized spacial score (nSPS) is 11.9. The number of halogens is 3. The van der Waals surface area contributed by atoms with Crippen molar-refractivity contribution in [1.29, 1.82) is 0 Å². The molecule has 0 aliphatic heterocycles. The summed E-state index contributed by atoms with van der Waals surface area (Å²) in [6.07, 6.45) is -4.49. The van der Waals surface area contributed by atoms with Crippen LogP contribution in [0.3, 0.4) is 0 Å². The van der Waals surface area contributed by atoms with E-state index in [2.05, 4.69) is 0 Å². The molecule has 1 nitrogen and oxygen atoms in total. The standard InChI is InChI=1S/C10H10BF3O/c1-6(2)15-9-4-3-7(5-8(9)11)10(12,13)14/h3-6H,1-2H3. The molecule has 0 atom stereocenters. The fraction of sp³-hybridized carbons (Fsp3) is 0.400. The van der Waals surface area contributed by atoms with E-state index in [4.69, 9.17) is 12.6 Å². The molecule has 0 spiro atoms. The van der Waals surface area contributed by atoms with Gasteiger partial charge in [0.2, 0.25) is 0 Å². The molecule has 0 fully saturated rings. The van der Waals surface area contributed by atoms with E-state index in [1.165, 1.54) is 6.07 Å². The molecule has 0 bridgehead atoms.